The fourth-order valence-electron chi connectivity index (χ4n) is 3.23. The molecule has 1 heterocycles. The van der Waals surface area contributed by atoms with E-state index >= 15 is 0 Å². The van der Waals surface area contributed by atoms with Crippen molar-refractivity contribution in [3.63, 3.8) is 0 Å². The van der Waals surface area contributed by atoms with E-state index < -0.39 is 31.8 Å². The summed E-state index contributed by atoms with van der Waals surface area (Å²) in [6.07, 6.45) is 0. The lowest BCUT2D eigenvalue weighted by atomic mass is 10.0. The van der Waals surface area contributed by atoms with Crippen molar-refractivity contribution in [1.82, 2.24) is 4.90 Å². The van der Waals surface area contributed by atoms with Gasteiger partial charge < -0.3 is 20.1 Å². The lowest BCUT2D eigenvalue weighted by Crippen LogP contribution is -2.41. The Morgan fingerprint density at radius 1 is 1.09 bits per heavy atom. The molecule has 166 valence electrons. The first-order valence-electron chi connectivity index (χ1n) is 10.0. The van der Waals surface area contributed by atoms with Gasteiger partial charge in [-0.2, -0.15) is 9.98 Å². The van der Waals surface area contributed by atoms with E-state index in [1.165, 1.54) is 17.1 Å². The number of methoxy groups -OCH3 is 1. The maximum Gasteiger partial charge on any atom is 0.293 e. The van der Waals surface area contributed by atoms with Crippen LogP contribution < -0.4 is 15.2 Å². The summed E-state index contributed by atoms with van der Waals surface area (Å²) in [6.45, 7) is 6.76. The van der Waals surface area contributed by atoms with Gasteiger partial charge in [0.1, 0.15) is 11.8 Å². The van der Waals surface area contributed by atoms with Crippen LogP contribution in [0.3, 0.4) is 0 Å². The quantitative estimate of drug-likeness (QED) is 0.633. The second kappa shape index (κ2) is 9.21. The Bertz CT molecular complexity index is 1110. The van der Waals surface area contributed by atoms with Crippen LogP contribution in [0.5, 0.6) is 5.75 Å². The molecule has 0 saturated heterocycles. The summed E-state index contributed by atoms with van der Waals surface area (Å²) in [7, 11) is 1.57. The molecule has 9 heteroatoms. The normalized spacial score (nSPS) is 13.8. The summed E-state index contributed by atoms with van der Waals surface area (Å²) in [5.41, 5.74) is 1.21. The van der Waals surface area contributed by atoms with Gasteiger partial charge in [0, 0.05) is 12.7 Å². The van der Waals surface area contributed by atoms with Gasteiger partial charge in [0.25, 0.3) is 17.7 Å². The molecule has 8 nitrogen and oxygen atoms in total. The highest BCUT2D eigenvalue weighted by Crippen LogP contribution is 2.25. The third-order valence-corrected chi connectivity index (χ3v) is 7.14. The summed E-state index contributed by atoms with van der Waals surface area (Å²) in [5.74, 6) is 1.11. The van der Waals surface area contributed by atoms with Crippen LogP contribution in [0.4, 0.5) is 5.69 Å². The van der Waals surface area contributed by atoms with Gasteiger partial charge in [-0.25, -0.2) is 0 Å². The number of amidine groups is 1. The molecule has 0 spiro atoms. The number of hydrogen-bond acceptors (Lipinski definition) is 6. The van der Waals surface area contributed by atoms with Crippen LogP contribution in [0.25, 0.3) is 0 Å². The van der Waals surface area contributed by atoms with E-state index in [1.54, 1.807) is 31.4 Å². The number of aliphatic imine (C=N–C) groups is 2. The van der Waals surface area contributed by atoms with Crippen LogP contribution >= 0.6 is 0 Å². The first kappa shape index (κ1) is 23.0. The number of benzene rings is 2. The number of rotatable bonds is 7. The third-order valence-electron chi connectivity index (χ3n) is 5.07. The van der Waals surface area contributed by atoms with Crippen molar-refractivity contribution in [2.24, 2.45) is 9.98 Å². The fourth-order valence-corrected chi connectivity index (χ4v) is 4.39. The maximum absolute atomic E-state index is 13.3. The van der Waals surface area contributed by atoms with Gasteiger partial charge in [0.2, 0.25) is 5.84 Å². The Morgan fingerprint density at radius 3 is 2.22 bits per heavy atom. The smallest absolute Gasteiger partial charge is 0.293 e. The molecule has 2 aromatic rings. The molecule has 0 aromatic heterocycles. The van der Waals surface area contributed by atoms with Crippen LogP contribution in [0.15, 0.2) is 64.4 Å². The molecule has 3 rings (SSSR count). The van der Waals surface area contributed by atoms with Gasteiger partial charge in [-0.15, -0.1) is 0 Å². The number of aliphatic hydroxyl groups is 1. The number of nitrogens with one attached hydrogen (secondary N) is 1. The Hall–Kier alpha value is -3.68. The summed E-state index contributed by atoms with van der Waals surface area (Å²) in [6, 6.07) is 13.7. The number of hydrogen-bond donors (Lipinski definition) is 2. The predicted molar refractivity (Wildman–Crippen MR) is 128 cm³/mol. The fraction of sp³-hybridized carbons (Fsp3) is 0.261. The Labute approximate surface area is 188 Å². The molecular formula is C23H26N4O4Si. The number of likely N-dealkylation sites (N-methyl/N-ethyl adjacent to an activating group) is 1. The van der Waals surface area contributed by atoms with Crippen molar-refractivity contribution in [2.45, 2.75) is 25.7 Å². The lowest BCUT2D eigenvalue weighted by Gasteiger charge is -2.27. The molecule has 1 atom stereocenters. The van der Waals surface area contributed by atoms with E-state index in [-0.39, 0.29) is 5.84 Å². The van der Waals surface area contributed by atoms with E-state index in [4.69, 9.17) is 4.74 Å². The van der Waals surface area contributed by atoms with Crippen LogP contribution in [-0.2, 0) is 9.59 Å². The van der Waals surface area contributed by atoms with Gasteiger partial charge >= 0.3 is 0 Å². The zero-order chi connectivity index (χ0) is 23.5. The maximum atomic E-state index is 13.3. The highest BCUT2D eigenvalue weighted by Gasteiger charge is 2.32. The van der Waals surface area contributed by atoms with Crippen LogP contribution in [0.1, 0.15) is 11.6 Å². The second-order valence-corrected chi connectivity index (χ2v) is 13.5. The van der Waals surface area contributed by atoms with E-state index in [1.807, 2.05) is 24.3 Å². The highest BCUT2D eigenvalue weighted by atomic mass is 28.3. The van der Waals surface area contributed by atoms with Gasteiger partial charge in [0.15, 0.2) is 0 Å². The van der Waals surface area contributed by atoms with Gasteiger partial charge in [-0.3, -0.25) is 9.59 Å². The number of amides is 2. The van der Waals surface area contributed by atoms with E-state index in [0.717, 1.165) is 0 Å². The molecule has 32 heavy (non-hydrogen) atoms. The summed E-state index contributed by atoms with van der Waals surface area (Å²) in [5, 5.41) is 13.6. The van der Waals surface area contributed by atoms with Crippen molar-refractivity contribution < 1.29 is 19.4 Å². The monoisotopic (exact) mass is 450 g/mol. The molecule has 2 amide bonds. The minimum absolute atomic E-state index is 0.240. The molecule has 0 saturated carbocycles. The van der Waals surface area contributed by atoms with E-state index in [9.17, 15) is 14.7 Å². The summed E-state index contributed by atoms with van der Waals surface area (Å²) >= 11 is 0. The predicted octanol–water partition coefficient (Wildman–Crippen LogP) is 2.86. The Kier molecular flexibility index (Phi) is 6.62. The Morgan fingerprint density at radius 2 is 1.72 bits per heavy atom. The van der Waals surface area contributed by atoms with Gasteiger partial charge in [-0.1, -0.05) is 49.1 Å². The van der Waals surface area contributed by atoms with Crippen molar-refractivity contribution in [3.8, 4) is 5.75 Å². The average molecular weight is 451 g/mol. The lowest BCUT2D eigenvalue weighted by molar-refractivity contribution is -0.132. The highest BCUT2D eigenvalue weighted by molar-refractivity contribution is 6.88. The van der Waals surface area contributed by atoms with Gasteiger partial charge in [-0.05, 0) is 29.8 Å². The molecule has 2 aromatic carbocycles. The largest absolute Gasteiger partial charge is 0.497 e. The van der Waals surface area contributed by atoms with E-state index in [2.05, 4.69) is 40.8 Å². The van der Waals surface area contributed by atoms with Crippen LogP contribution in [0, 0.1) is 0 Å². The SMILES string of the molecule is COc1ccc(C(C(=O)Nc2ccc([Si](C)(C)C)cc2)N(C)C(=O)C2=NC(O)=C=N2)cc1. The number of nitrogens with zero attached hydrogens (tertiary/aromatic N) is 3. The number of carbonyl (C=O) groups is 2. The number of ether oxygens (including phenoxy) is 1. The molecule has 0 bridgehead atoms. The van der Waals surface area contributed by atoms with Crippen molar-refractivity contribution in [1.29, 1.82) is 0 Å². The first-order chi connectivity index (χ1) is 15.1. The van der Waals surface area contributed by atoms with Crippen LogP contribution in [0.2, 0.25) is 19.6 Å². The molecule has 1 aliphatic heterocycles. The minimum Gasteiger partial charge on any atom is -0.497 e. The number of carbonyl (C=O) groups excluding carboxylic acids is 2. The third kappa shape index (κ3) is 5.13. The van der Waals surface area contributed by atoms with Crippen molar-refractivity contribution >= 4 is 42.5 Å². The van der Waals surface area contributed by atoms with Crippen molar-refractivity contribution in [2.75, 3.05) is 19.5 Å². The molecule has 1 aliphatic rings. The van der Waals surface area contributed by atoms with E-state index in [0.29, 0.717) is 17.0 Å². The Balaban J connectivity index is 1.89. The molecule has 0 aliphatic carbocycles. The topological polar surface area (TPSA) is 104 Å². The van der Waals surface area contributed by atoms with Gasteiger partial charge in [0.05, 0.1) is 21.1 Å². The second-order valence-electron chi connectivity index (χ2n) is 8.39. The molecule has 1 unspecified atom stereocenters. The molecular weight excluding hydrogens is 424 g/mol. The molecule has 0 radical (unpaired) electrons. The zero-order valence-electron chi connectivity index (χ0n) is 18.7. The number of aliphatic hydroxyl groups excluding tert-OH is 1. The minimum atomic E-state index is -1.46. The summed E-state index contributed by atoms with van der Waals surface area (Å²) < 4.78 is 5.19. The van der Waals surface area contributed by atoms with Crippen molar-refractivity contribution in [3.05, 3.63) is 60.0 Å². The average Bonchev–Trinajstić information content (AvgIpc) is 3.19. The standard InChI is InChI=1S/C23H26N4O4Si/c1-27(23(30)21-24-14-19(28)26-21)20(15-6-10-17(31-2)11-7-15)22(29)25-16-8-12-18(13-9-16)32(3,4)5/h6-13,20,28H,1-5H3,(H,25,29). The van der Waals surface area contributed by atoms with Crippen LogP contribution in [-0.4, -0.2) is 55.8 Å². The number of anilines is 1. The molecule has 0 fully saturated rings. The first-order valence-corrected chi connectivity index (χ1v) is 13.5. The summed E-state index contributed by atoms with van der Waals surface area (Å²) in [4.78, 5) is 34.8. The molecule has 2 N–H and O–H groups in total. The zero-order valence-corrected chi connectivity index (χ0v) is 19.7.